The molecule has 0 radical (unpaired) electrons. The number of fused-ring (bicyclic) bond motifs is 1. The molecule has 6 rings (SSSR count). The van der Waals surface area contributed by atoms with Gasteiger partial charge >= 0.3 is 0 Å². The molecule has 3 heterocycles. The fourth-order valence-corrected chi connectivity index (χ4v) is 6.61. The van der Waals surface area contributed by atoms with Gasteiger partial charge in [-0.3, -0.25) is 14.5 Å². The number of carbonyl (C=O) groups excluding carboxylic acids is 2. The van der Waals surface area contributed by atoms with Crippen molar-refractivity contribution in [1.82, 2.24) is 10.2 Å². The maximum absolute atomic E-state index is 13.2. The van der Waals surface area contributed by atoms with Gasteiger partial charge in [0.25, 0.3) is 0 Å². The molecule has 12 heteroatoms. The van der Waals surface area contributed by atoms with E-state index in [1.807, 2.05) is 30.3 Å². The predicted octanol–water partition coefficient (Wildman–Crippen LogP) is 4.30. The van der Waals surface area contributed by atoms with Crippen LogP contribution in [0.2, 0.25) is 0 Å². The largest absolute Gasteiger partial charge is 0.454 e. The molecule has 3 aromatic rings. The van der Waals surface area contributed by atoms with Crippen molar-refractivity contribution in [2.24, 2.45) is 5.73 Å². The lowest BCUT2D eigenvalue weighted by Crippen LogP contribution is -2.38. The van der Waals surface area contributed by atoms with Gasteiger partial charge in [-0.1, -0.05) is 53.4 Å². The highest BCUT2D eigenvalue weighted by Gasteiger charge is 2.41. The van der Waals surface area contributed by atoms with Crippen LogP contribution < -0.4 is 25.4 Å². The smallest absolute Gasteiger partial charge is 0.234 e. The molecule has 1 atom stereocenters. The van der Waals surface area contributed by atoms with Gasteiger partial charge in [0.1, 0.15) is 5.82 Å². The Kier molecular flexibility index (Phi) is 6.68. The summed E-state index contributed by atoms with van der Waals surface area (Å²) in [6, 6.07) is 16.9. The van der Waals surface area contributed by atoms with Crippen molar-refractivity contribution >= 4 is 45.6 Å². The lowest BCUT2D eigenvalue weighted by atomic mass is 9.76. The van der Waals surface area contributed by atoms with Gasteiger partial charge in [0.2, 0.25) is 17.8 Å². The van der Waals surface area contributed by atoms with Crippen LogP contribution in [0.25, 0.3) is 0 Å². The number of ether oxygens (including phenoxy) is 2. The molecular formula is C27H22N6O4S2. The van der Waals surface area contributed by atoms with E-state index in [9.17, 15) is 14.9 Å². The average molecular weight is 559 g/mol. The number of benzene rings is 2. The zero-order chi connectivity index (χ0) is 26.9. The van der Waals surface area contributed by atoms with E-state index >= 15 is 0 Å². The van der Waals surface area contributed by atoms with E-state index in [0.717, 1.165) is 11.3 Å². The van der Waals surface area contributed by atoms with Crippen molar-refractivity contribution in [2.45, 2.75) is 29.5 Å². The second-order valence-electron chi connectivity index (χ2n) is 8.98. The number of nitriles is 1. The van der Waals surface area contributed by atoms with Gasteiger partial charge in [0.05, 0.1) is 23.3 Å². The van der Waals surface area contributed by atoms with Crippen molar-refractivity contribution in [3.05, 3.63) is 76.8 Å². The summed E-state index contributed by atoms with van der Waals surface area (Å²) < 4.78 is 11.2. The number of carbonyl (C=O) groups is 2. The quantitative estimate of drug-likeness (QED) is 0.420. The van der Waals surface area contributed by atoms with E-state index in [-0.39, 0.29) is 30.1 Å². The second kappa shape index (κ2) is 10.4. The minimum Gasteiger partial charge on any atom is -0.454 e. The number of nitrogens with one attached hydrogen (secondary N) is 1. The van der Waals surface area contributed by atoms with Crippen LogP contribution in [0.4, 0.5) is 10.8 Å². The summed E-state index contributed by atoms with van der Waals surface area (Å²) in [4.78, 5) is 27.4. The van der Waals surface area contributed by atoms with Crippen LogP contribution >= 0.6 is 23.1 Å². The Morgan fingerprint density at radius 3 is 2.82 bits per heavy atom. The highest BCUT2D eigenvalue weighted by atomic mass is 32.2. The third kappa shape index (κ3) is 4.71. The van der Waals surface area contributed by atoms with Crippen molar-refractivity contribution in [2.75, 3.05) is 22.8 Å². The molecule has 196 valence electrons. The molecule has 3 N–H and O–H groups in total. The van der Waals surface area contributed by atoms with Crippen LogP contribution in [-0.4, -0.2) is 34.4 Å². The normalized spacial score (nSPS) is 18.2. The Morgan fingerprint density at radius 2 is 2.00 bits per heavy atom. The van der Waals surface area contributed by atoms with Gasteiger partial charge in [0, 0.05) is 29.4 Å². The molecule has 1 unspecified atom stereocenters. The topological polar surface area (TPSA) is 143 Å². The Labute approximate surface area is 232 Å². The summed E-state index contributed by atoms with van der Waals surface area (Å²) in [5.41, 5.74) is 9.69. The number of hydrogen-bond acceptors (Lipinski definition) is 11. The maximum atomic E-state index is 13.2. The van der Waals surface area contributed by atoms with Crippen LogP contribution in [0.15, 0.2) is 75.5 Å². The summed E-state index contributed by atoms with van der Waals surface area (Å²) in [6.07, 6.45) is 1.74. The standard InChI is InChI=1S/C27H22N6O4S2/c28-12-17-23(15-5-2-1-3-6-15)24-18(7-4-8-19(24)34)33(25(17)29)26-31-32-27(39-26)38-13-22(35)30-16-9-10-20-21(11-16)37-14-36-20/h1-3,5-6,9-11,23H,4,7-8,13-14,29H2,(H,30,35). The first-order chi connectivity index (χ1) is 19.0. The van der Waals surface area contributed by atoms with E-state index in [2.05, 4.69) is 21.6 Å². The number of rotatable bonds is 6. The first kappa shape index (κ1) is 25.0. The monoisotopic (exact) mass is 558 g/mol. The molecule has 1 aliphatic carbocycles. The highest BCUT2D eigenvalue weighted by Crippen LogP contribution is 2.47. The molecule has 3 aliphatic rings. The van der Waals surface area contributed by atoms with Gasteiger partial charge in [-0.15, -0.1) is 10.2 Å². The number of nitrogens with two attached hydrogens (primary N) is 1. The van der Waals surface area contributed by atoms with Gasteiger partial charge < -0.3 is 20.5 Å². The van der Waals surface area contributed by atoms with Crippen LogP contribution in [0, 0.1) is 11.3 Å². The van der Waals surface area contributed by atoms with Crippen LogP contribution in [0.1, 0.15) is 30.7 Å². The summed E-state index contributed by atoms with van der Waals surface area (Å²) in [7, 11) is 0. The first-order valence-electron chi connectivity index (χ1n) is 12.2. The number of hydrogen-bond donors (Lipinski definition) is 2. The molecule has 2 aromatic carbocycles. The van der Waals surface area contributed by atoms with E-state index in [1.54, 1.807) is 23.1 Å². The lowest BCUT2D eigenvalue weighted by molar-refractivity contribution is -0.116. The molecule has 1 aromatic heterocycles. The Hall–Kier alpha value is -4.34. The van der Waals surface area contributed by atoms with Crippen molar-refractivity contribution < 1.29 is 19.1 Å². The fourth-order valence-electron chi connectivity index (χ4n) is 4.93. The molecule has 0 fully saturated rings. The molecule has 0 saturated heterocycles. The summed E-state index contributed by atoms with van der Waals surface area (Å²) in [6.45, 7) is 0.161. The Bertz CT molecular complexity index is 1580. The molecule has 39 heavy (non-hydrogen) atoms. The average Bonchev–Trinajstić information content (AvgIpc) is 3.61. The van der Waals surface area contributed by atoms with Crippen LogP contribution in [0.5, 0.6) is 11.5 Å². The lowest BCUT2D eigenvalue weighted by Gasteiger charge is -2.38. The molecule has 10 nitrogen and oxygen atoms in total. The zero-order valence-electron chi connectivity index (χ0n) is 20.5. The van der Waals surface area contributed by atoms with E-state index in [1.165, 1.54) is 23.1 Å². The maximum Gasteiger partial charge on any atom is 0.234 e. The zero-order valence-corrected chi connectivity index (χ0v) is 22.2. The van der Waals surface area contributed by atoms with Crippen molar-refractivity contribution in [3.8, 4) is 17.6 Å². The highest BCUT2D eigenvalue weighted by molar-refractivity contribution is 8.01. The number of ketones is 1. The molecule has 1 amide bonds. The van der Waals surface area contributed by atoms with Crippen LogP contribution in [0.3, 0.4) is 0 Å². The minimum absolute atomic E-state index is 0.00894. The Morgan fingerprint density at radius 1 is 1.18 bits per heavy atom. The van der Waals surface area contributed by atoms with Crippen molar-refractivity contribution in [3.63, 3.8) is 0 Å². The van der Waals surface area contributed by atoms with E-state index in [4.69, 9.17) is 15.2 Å². The van der Waals surface area contributed by atoms with Crippen LogP contribution in [-0.2, 0) is 9.59 Å². The van der Waals surface area contributed by atoms with Gasteiger partial charge in [-0.25, -0.2) is 0 Å². The number of thioether (sulfide) groups is 1. The number of anilines is 2. The third-order valence-corrected chi connectivity index (χ3v) is 8.66. The fraction of sp³-hybridized carbons (Fsp3) is 0.222. The van der Waals surface area contributed by atoms with Gasteiger partial charge in [-0.05, 0) is 30.5 Å². The number of allylic oxidation sites excluding steroid dienone is 3. The van der Waals surface area contributed by atoms with Crippen molar-refractivity contribution in [1.29, 1.82) is 5.26 Å². The van der Waals surface area contributed by atoms with Gasteiger partial charge in [0.15, 0.2) is 21.6 Å². The summed E-state index contributed by atoms with van der Waals surface area (Å²) in [5, 5.41) is 22.0. The molecule has 0 spiro atoms. The Balaban J connectivity index is 1.23. The minimum atomic E-state index is -0.517. The van der Waals surface area contributed by atoms with E-state index in [0.29, 0.717) is 57.1 Å². The van der Waals surface area contributed by atoms with E-state index < -0.39 is 5.92 Å². The molecule has 0 saturated carbocycles. The second-order valence-corrected chi connectivity index (χ2v) is 11.2. The SMILES string of the molecule is N#CC1=C(N)N(c2nnc(SCC(=O)Nc3ccc4c(c3)OCO4)s2)C2=C(C(=O)CCC2)C1c1ccccc1. The third-order valence-electron chi connectivity index (χ3n) is 6.62. The molecule has 2 aliphatic heterocycles. The van der Waals surface area contributed by atoms with Gasteiger partial charge in [-0.2, -0.15) is 5.26 Å². The summed E-state index contributed by atoms with van der Waals surface area (Å²) in [5.74, 6) is 0.859. The molecule has 0 bridgehead atoms. The first-order valence-corrected chi connectivity index (χ1v) is 14.0. The number of nitrogens with zero attached hydrogens (tertiary/aromatic N) is 4. The number of Topliss-reactive ketones (excluding diaryl/α,β-unsaturated/α-hetero) is 1. The number of amides is 1. The molecular weight excluding hydrogens is 536 g/mol. The predicted molar refractivity (Wildman–Crippen MR) is 146 cm³/mol. The summed E-state index contributed by atoms with van der Waals surface area (Å²) >= 11 is 2.49. The number of aromatic nitrogens is 2.